The molecule has 0 saturated heterocycles. The molecule has 106 valence electrons. The van der Waals surface area contributed by atoms with Crippen molar-refractivity contribution >= 4 is 11.6 Å². The fourth-order valence-corrected chi connectivity index (χ4v) is 2.11. The molecule has 0 aliphatic rings. The average molecular weight is 262 g/mol. The van der Waals surface area contributed by atoms with Crippen LogP contribution in [0.5, 0.6) is 0 Å². The summed E-state index contributed by atoms with van der Waals surface area (Å²) in [6.07, 6.45) is 0. The number of rotatable bonds is 5. The maximum atomic E-state index is 12.6. The highest BCUT2D eigenvalue weighted by Crippen LogP contribution is 2.16. The van der Waals surface area contributed by atoms with E-state index in [4.69, 9.17) is 5.73 Å². The summed E-state index contributed by atoms with van der Waals surface area (Å²) in [6.45, 7) is 12.1. The summed E-state index contributed by atoms with van der Waals surface area (Å²) in [4.78, 5) is 14.5. The number of hydrogen-bond acceptors (Lipinski definition) is 2. The van der Waals surface area contributed by atoms with Crippen molar-refractivity contribution in [3.05, 3.63) is 29.3 Å². The Labute approximate surface area is 116 Å². The van der Waals surface area contributed by atoms with Crippen molar-refractivity contribution in [1.29, 1.82) is 0 Å². The van der Waals surface area contributed by atoms with Gasteiger partial charge in [-0.15, -0.1) is 0 Å². The summed E-state index contributed by atoms with van der Waals surface area (Å²) in [6, 6.07) is 5.51. The number of carbonyl (C=O) groups excluding carboxylic acids is 1. The van der Waals surface area contributed by atoms with Crippen molar-refractivity contribution in [2.24, 2.45) is 11.8 Å². The van der Waals surface area contributed by atoms with E-state index in [1.165, 1.54) is 0 Å². The third-order valence-electron chi connectivity index (χ3n) is 2.98. The van der Waals surface area contributed by atoms with Gasteiger partial charge in [-0.2, -0.15) is 0 Å². The highest BCUT2D eigenvalue weighted by molar-refractivity contribution is 5.94. The van der Waals surface area contributed by atoms with E-state index >= 15 is 0 Å². The van der Waals surface area contributed by atoms with E-state index in [9.17, 15) is 4.79 Å². The molecule has 0 fully saturated rings. The molecule has 0 saturated carbocycles. The van der Waals surface area contributed by atoms with Gasteiger partial charge in [0.25, 0.3) is 5.91 Å². The van der Waals surface area contributed by atoms with Gasteiger partial charge in [-0.3, -0.25) is 4.79 Å². The van der Waals surface area contributed by atoms with Crippen molar-refractivity contribution < 1.29 is 4.79 Å². The van der Waals surface area contributed by atoms with Gasteiger partial charge < -0.3 is 10.6 Å². The standard InChI is InChI=1S/C16H26N2O/c1-11(2)9-18(10-12(3)4)16(19)14-6-7-15(17)13(5)8-14/h6-8,11-12H,9-10,17H2,1-5H3. The average Bonchev–Trinajstić information content (AvgIpc) is 2.29. The number of anilines is 1. The molecule has 1 aromatic rings. The largest absolute Gasteiger partial charge is 0.399 e. The summed E-state index contributed by atoms with van der Waals surface area (Å²) in [7, 11) is 0. The Kier molecular flexibility index (Phi) is 5.40. The first kappa shape index (κ1) is 15.5. The van der Waals surface area contributed by atoms with Crippen LogP contribution in [-0.2, 0) is 0 Å². The van der Waals surface area contributed by atoms with Crippen molar-refractivity contribution in [2.45, 2.75) is 34.6 Å². The lowest BCUT2D eigenvalue weighted by Crippen LogP contribution is -2.37. The molecular formula is C16H26N2O. The van der Waals surface area contributed by atoms with Crippen LogP contribution < -0.4 is 5.73 Å². The van der Waals surface area contributed by atoms with Gasteiger partial charge in [0.1, 0.15) is 0 Å². The van der Waals surface area contributed by atoms with E-state index in [2.05, 4.69) is 27.7 Å². The summed E-state index contributed by atoms with van der Waals surface area (Å²) in [5.74, 6) is 1.04. The highest BCUT2D eigenvalue weighted by Gasteiger charge is 2.18. The number of carbonyl (C=O) groups is 1. The number of benzene rings is 1. The normalized spacial score (nSPS) is 11.1. The number of nitrogens with two attached hydrogens (primary N) is 1. The first-order valence-electron chi connectivity index (χ1n) is 6.96. The molecule has 19 heavy (non-hydrogen) atoms. The third-order valence-corrected chi connectivity index (χ3v) is 2.98. The van der Waals surface area contributed by atoms with Crippen LogP contribution in [0.25, 0.3) is 0 Å². The monoisotopic (exact) mass is 262 g/mol. The zero-order valence-corrected chi connectivity index (χ0v) is 12.7. The second-order valence-electron chi connectivity index (χ2n) is 6.07. The van der Waals surface area contributed by atoms with Crippen LogP contribution in [-0.4, -0.2) is 23.9 Å². The van der Waals surface area contributed by atoms with Gasteiger partial charge in [0.2, 0.25) is 0 Å². The first-order valence-corrected chi connectivity index (χ1v) is 6.96. The molecule has 1 amide bonds. The Bertz CT molecular complexity index is 428. The van der Waals surface area contributed by atoms with E-state index in [0.717, 1.165) is 29.9 Å². The van der Waals surface area contributed by atoms with Crippen LogP contribution in [0.3, 0.4) is 0 Å². The highest BCUT2D eigenvalue weighted by atomic mass is 16.2. The number of nitrogen functional groups attached to an aromatic ring is 1. The molecule has 0 radical (unpaired) electrons. The smallest absolute Gasteiger partial charge is 0.253 e. The molecule has 0 aliphatic heterocycles. The van der Waals surface area contributed by atoms with Gasteiger partial charge in [-0.1, -0.05) is 27.7 Å². The zero-order chi connectivity index (χ0) is 14.6. The van der Waals surface area contributed by atoms with Crippen LogP contribution in [0.15, 0.2) is 18.2 Å². The third kappa shape index (κ3) is 4.58. The number of amides is 1. The minimum absolute atomic E-state index is 0.102. The lowest BCUT2D eigenvalue weighted by Gasteiger charge is -2.26. The summed E-state index contributed by atoms with van der Waals surface area (Å²) < 4.78 is 0. The van der Waals surface area contributed by atoms with Crippen molar-refractivity contribution in [2.75, 3.05) is 18.8 Å². The molecule has 0 spiro atoms. The van der Waals surface area contributed by atoms with E-state index in [1.54, 1.807) is 0 Å². The van der Waals surface area contributed by atoms with Gasteiger partial charge in [0.15, 0.2) is 0 Å². The lowest BCUT2D eigenvalue weighted by molar-refractivity contribution is 0.0715. The van der Waals surface area contributed by atoms with Gasteiger partial charge >= 0.3 is 0 Å². The Balaban J connectivity index is 2.94. The minimum Gasteiger partial charge on any atom is -0.399 e. The fraction of sp³-hybridized carbons (Fsp3) is 0.562. The lowest BCUT2D eigenvalue weighted by atomic mass is 10.1. The molecule has 0 heterocycles. The van der Waals surface area contributed by atoms with Crippen LogP contribution in [0.4, 0.5) is 5.69 Å². The second kappa shape index (κ2) is 6.60. The van der Waals surface area contributed by atoms with Gasteiger partial charge in [-0.05, 0) is 42.5 Å². The van der Waals surface area contributed by atoms with Crippen LogP contribution in [0, 0.1) is 18.8 Å². The number of nitrogens with zero attached hydrogens (tertiary/aromatic N) is 1. The summed E-state index contributed by atoms with van der Waals surface area (Å²) in [5.41, 5.74) is 8.22. The molecule has 0 aromatic heterocycles. The van der Waals surface area contributed by atoms with Crippen LogP contribution in [0.1, 0.15) is 43.6 Å². The molecule has 0 bridgehead atoms. The SMILES string of the molecule is Cc1cc(C(=O)N(CC(C)C)CC(C)C)ccc1N. The molecular weight excluding hydrogens is 236 g/mol. The molecule has 3 nitrogen and oxygen atoms in total. The molecule has 3 heteroatoms. The van der Waals surface area contributed by atoms with Crippen molar-refractivity contribution in [3.63, 3.8) is 0 Å². The Morgan fingerprint density at radius 2 is 1.68 bits per heavy atom. The Morgan fingerprint density at radius 3 is 2.11 bits per heavy atom. The van der Waals surface area contributed by atoms with Crippen LogP contribution >= 0.6 is 0 Å². The van der Waals surface area contributed by atoms with Crippen molar-refractivity contribution in [1.82, 2.24) is 4.90 Å². The maximum Gasteiger partial charge on any atom is 0.253 e. The summed E-state index contributed by atoms with van der Waals surface area (Å²) >= 11 is 0. The molecule has 0 unspecified atom stereocenters. The van der Waals surface area contributed by atoms with Crippen molar-refractivity contribution in [3.8, 4) is 0 Å². The van der Waals surface area contributed by atoms with E-state index in [1.807, 2.05) is 30.0 Å². The van der Waals surface area contributed by atoms with E-state index in [0.29, 0.717) is 11.8 Å². The fourth-order valence-electron chi connectivity index (χ4n) is 2.11. The predicted octanol–water partition coefficient (Wildman–Crippen LogP) is 3.33. The molecule has 2 N–H and O–H groups in total. The molecule has 1 aromatic carbocycles. The van der Waals surface area contributed by atoms with Gasteiger partial charge in [0, 0.05) is 24.3 Å². The van der Waals surface area contributed by atoms with Crippen LogP contribution in [0.2, 0.25) is 0 Å². The predicted molar refractivity (Wildman–Crippen MR) is 81.2 cm³/mol. The molecule has 0 aliphatic carbocycles. The first-order chi connectivity index (χ1) is 8.81. The number of hydrogen-bond donors (Lipinski definition) is 1. The molecule has 0 atom stereocenters. The van der Waals surface area contributed by atoms with Gasteiger partial charge in [-0.25, -0.2) is 0 Å². The minimum atomic E-state index is 0.102. The van der Waals surface area contributed by atoms with Gasteiger partial charge in [0.05, 0.1) is 0 Å². The van der Waals surface area contributed by atoms with E-state index in [-0.39, 0.29) is 5.91 Å². The molecule has 1 rings (SSSR count). The topological polar surface area (TPSA) is 46.3 Å². The maximum absolute atomic E-state index is 12.6. The Hall–Kier alpha value is -1.51. The quantitative estimate of drug-likeness (QED) is 0.827. The van der Waals surface area contributed by atoms with E-state index < -0.39 is 0 Å². The summed E-state index contributed by atoms with van der Waals surface area (Å²) in [5, 5.41) is 0. The second-order valence-corrected chi connectivity index (χ2v) is 6.07. The zero-order valence-electron chi connectivity index (χ0n) is 12.7. The number of aryl methyl sites for hydroxylation is 1. The Morgan fingerprint density at radius 1 is 1.16 bits per heavy atom.